The maximum atomic E-state index is 13.5. The molecule has 0 atom stereocenters. The smallest absolute Gasteiger partial charge is 0.219 e. The van der Waals surface area contributed by atoms with Crippen LogP contribution in [0.1, 0.15) is 26.5 Å². The Morgan fingerprint density at radius 3 is 2.55 bits per heavy atom. The van der Waals surface area contributed by atoms with Crippen LogP contribution >= 0.6 is 0 Å². The summed E-state index contributed by atoms with van der Waals surface area (Å²) in [6.07, 6.45) is 0. The molecule has 106 valence electrons. The maximum absolute atomic E-state index is 13.5. The van der Waals surface area contributed by atoms with Crippen LogP contribution in [0.25, 0.3) is 0 Å². The summed E-state index contributed by atoms with van der Waals surface area (Å²) >= 11 is 0. The van der Waals surface area contributed by atoms with E-state index in [2.05, 4.69) is 31.1 Å². The van der Waals surface area contributed by atoms with Crippen LogP contribution in [0, 0.1) is 5.82 Å². The second kappa shape index (κ2) is 6.01. The number of para-hydroxylation sites is 1. The summed E-state index contributed by atoms with van der Waals surface area (Å²) in [6.45, 7) is 6.91. The predicted octanol–water partition coefficient (Wildman–Crippen LogP) is 3.90. The molecule has 0 saturated heterocycles. The fourth-order valence-electron chi connectivity index (χ4n) is 1.61. The van der Waals surface area contributed by atoms with Crippen LogP contribution in [0.2, 0.25) is 0 Å². The first-order valence-electron chi connectivity index (χ1n) is 6.57. The van der Waals surface area contributed by atoms with Crippen LogP contribution in [0.5, 0.6) is 11.6 Å². The van der Waals surface area contributed by atoms with Gasteiger partial charge in [0.1, 0.15) is 0 Å². The minimum absolute atomic E-state index is 0.0179. The molecule has 0 aliphatic rings. The third-order valence-corrected chi connectivity index (χ3v) is 2.63. The van der Waals surface area contributed by atoms with Gasteiger partial charge in [0, 0.05) is 18.2 Å². The van der Waals surface area contributed by atoms with Crippen molar-refractivity contribution < 1.29 is 9.13 Å². The fourth-order valence-corrected chi connectivity index (χ4v) is 1.61. The van der Waals surface area contributed by atoms with Gasteiger partial charge in [-0.15, -0.1) is 0 Å². The number of hydrogen-bond donors (Lipinski definition) is 1. The summed E-state index contributed by atoms with van der Waals surface area (Å²) in [5, 5.41) is 3.35. The molecule has 0 amide bonds. The van der Waals surface area contributed by atoms with Crippen molar-refractivity contribution in [2.24, 2.45) is 0 Å². The van der Waals surface area contributed by atoms with Gasteiger partial charge < -0.3 is 10.1 Å². The second-order valence-corrected chi connectivity index (χ2v) is 5.60. The number of aromatic nitrogens is 1. The SMILES string of the molecule is CC(C)(C)NCc1cccc(Oc2ccccc2F)n1. The quantitative estimate of drug-likeness (QED) is 0.918. The van der Waals surface area contributed by atoms with Crippen molar-refractivity contribution in [3.63, 3.8) is 0 Å². The highest BCUT2D eigenvalue weighted by Crippen LogP contribution is 2.22. The van der Waals surface area contributed by atoms with E-state index in [4.69, 9.17) is 4.74 Å². The van der Waals surface area contributed by atoms with Gasteiger partial charge in [-0.1, -0.05) is 18.2 Å². The van der Waals surface area contributed by atoms with Crippen molar-refractivity contribution in [2.45, 2.75) is 32.9 Å². The number of rotatable bonds is 4. The van der Waals surface area contributed by atoms with E-state index < -0.39 is 5.82 Å². The summed E-state index contributed by atoms with van der Waals surface area (Å²) in [4.78, 5) is 4.36. The van der Waals surface area contributed by atoms with E-state index in [-0.39, 0.29) is 11.3 Å². The van der Waals surface area contributed by atoms with Crippen molar-refractivity contribution in [3.05, 3.63) is 54.0 Å². The second-order valence-electron chi connectivity index (χ2n) is 5.60. The molecule has 0 bridgehead atoms. The topological polar surface area (TPSA) is 34.1 Å². The molecule has 1 heterocycles. The molecule has 0 radical (unpaired) electrons. The van der Waals surface area contributed by atoms with Crippen LogP contribution in [-0.2, 0) is 6.54 Å². The Morgan fingerprint density at radius 1 is 1.10 bits per heavy atom. The van der Waals surface area contributed by atoms with E-state index in [9.17, 15) is 4.39 Å². The number of nitrogens with zero attached hydrogens (tertiary/aromatic N) is 1. The maximum Gasteiger partial charge on any atom is 0.219 e. The zero-order valence-corrected chi connectivity index (χ0v) is 12.0. The normalized spacial score (nSPS) is 11.4. The Balaban J connectivity index is 2.08. The van der Waals surface area contributed by atoms with Crippen LogP contribution in [0.4, 0.5) is 4.39 Å². The molecule has 1 N–H and O–H groups in total. The van der Waals surface area contributed by atoms with Crippen LogP contribution in [0.3, 0.4) is 0 Å². The van der Waals surface area contributed by atoms with E-state index >= 15 is 0 Å². The number of benzene rings is 1. The van der Waals surface area contributed by atoms with Crippen LogP contribution in [-0.4, -0.2) is 10.5 Å². The predicted molar refractivity (Wildman–Crippen MR) is 77.3 cm³/mol. The van der Waals surface area contributed by atoms with Crippen molar-refractivity contribution in [1.29, 1.82) is 0 Å². The zero-order valence-electron chi connectivity index (χ0n) is 12.0. The lowest BCUT2D eigenvalue weighted by atomic mass is 10.1. The molecule has 1 aromatic heterocycles. The third-order valence-electron chi connectivity index (χ3n) is 2.63. The van der Waals surface area contributed by atoms with Crippen LogP contribution < -0.4 is 10.1 Å². The average molecular weight is 274 g/mol. The highest BCUT2D eigenvalue weighted by Gasteiger charge is 2.10. The van der Waals surface area contributed by atoms with Gasteiger partial charge in [0.15, 0.2) is 11.6 Å². The fraction of sp³-hybridized carbons (Fsp3) is 0.312. The van der Waals surface area contributed by atoms with Gasteiger partial charge in [0.25, 0.3) is 0 Å². The first-order chi connectivity index (χ1) is 9.44. The molecule has 2 aromatic rings. The molecular formula is C16H19FN2O. The average Bonchev–Trinajstić information content (AvgIpc) is 2.39. The molecule has 0 aliphatic carbocycles. The first kappa shape index (κ1) is 14.5. The summed E-state index contributed by atoms with van der Waals surface area (Å²) in [6, 6.07) is 11.8. The van der Waals surface area contributed by atoms with Gasteiger partial charge in [-0.05, 0) is 39.0 Å². The van der Waals surface area contributed by atoms with Crippen molar-refractivity contribution >= 4 is 0 Å². The highest BCUT2D eigenvalue weighted by molar-refractivity contribution is 5.28. The lowest BCUT2D eigenvalue weighted by Crippen LogP contribution is -2.35. The lowest BCUT2D eigenvalue weighted by molar-refractivity contribution is 0.409. The van der Waals surface area contributed by atoms with Crippen molar-refractivity contribution in [3.8, 4) is 11.6 Å². The molecule has 4 heteroatoms. The molecule has 20 heavy (non-hydrogen) atoms. The van der Waals surface area contributed by atoms with E-state index in [1.54, 1.807) is 24.3 Å². The minimum Gasteiger partial charge on any atom is -0.436 e. The third kappa shape index (κ3) is 4.31. The van der Waals surface area contributed by atoms with Gasteiger partial charge in [-0.25, -0.2) is 9.37 Å². The number of ether oxygens (including phenoxy) is 1. The molecule has 0 spiro atoms. The molecule has 0 saturated carbocycles. The summed E-state index contributed by atoms with van der Waals surface area (Å²) in [7, 11) is 0. The van der Waals surface area contributed by atoms with Crippen molar-refractivity contribution in [1.82, 2.24) is 10.3 Å². The summed E-state index contributed by atoms with van der Waals surface area (Å²) < 4.78 is 19.0. The van der Waals surface area contributed by atoms with Gasteiger partial charge in [0.05, 0.1) is 5.69 Å². The van der Waals surface area contributed by atoms with Crippen molar-refractivity contribution in [2.75, 3.05) is 0 Å². The van der Waals surface area contributed by atoms with Gasteiger partial charge in [0.2, 0.25) is 5.88 Å². The standard InChI is InChI=1S/C16H19FN2O/c1-16(2,3)18-11-12-7-6-10-15(19-12)20-14-9-5-4-8-13(14)17/h4-10,18H,11H2,1-3H3. The molecule has 0 unspecified atom stereocenters. The molecule has 2 rings (SSSR count). The number of halogens is 1. The van der Waals surface area contributed by atoms with E-state index in [0.29, 0.717) is 12.4 Å². The zero-order chi connectivity index (χ0) is 14.6. The summed E-state index contributed by atoms with van der Waals surface area (Å²) in [5.74, 6) is 0.178. The van der Waals surface area contributed by atoms with E-state index in [1.165, 1.54) is 6.07 Å². The summed E-state index contributed by atoms with van der Waals surface area (Å²) in [5.41, 5.74) is 0.873. The number of nitrogens with one attached hydrogen (secondary N) is 1. The molecule has 1 aromatic carbocycles. The Hall–Kier alpha value is -1.94. The highest BCUT2D eigenvalue weighted by atomic mass is 19.1. The largest absolute Gasteiger partial charge is 0.436 e. The van der Waals surface area contributed by atoms with Crippen LogP contribution in [0.15, 0.2) is 42.5 Å². The monoisotopic (exact) mass is 274 g/mol. The van der Waals surface area contributed by atoms with Gasteiger partial charge in [-0.2, -0.15) is 0 Å². The Bertz CT molecular complexity index is 579. The van der Waals surface area contributed by atoms with E-state index in [1.807, 2.05) is 12.1 Å². The Kier molecular flexibility index (Phi) is 4.35. The molecule has 0 aliphatic heterocycles. The van der Waals surface area contributed by atoms with Gasteiger partial charge in [-0.3, -0.25) is 0 Å². The Morgan fingerprint density at radius 2 is 1.85 bits per heavy atom. The van der Waals surface area contributed by atoms with Gasteiger partial charge >= 0.3 is 0 Å². The number of pyridine rings is 1. The Labute approximate surface area is 118 Å². The molecule has 0 fully saturated rings. The first-order valence-corrected chi connectivity index (χ1v) is 6.57. The molecule has 3 nitrogen and oxygen atoms in total. The lowest BCUT2D eigenvalue weighted by Gasteiger charge is -2.20. The molecular weight excluding hydrogens is 255 g/mol. The minimum atomic E-state index is -0.396. The van der Waals surface area contributed by atoms with E-state index in [0.717, 1.165) is 5.69 Å². The number of hydrogen-bond acceptors (Lipinski definition) is 3.